The number of hydrogen-bond donors (Lipinski definition) is 2. The van der Waals surface area contributed by atoms with E-state index in [-0.39, 0.29) is 36.5 Å². The number of hydrogen-bond acceptors (Lipinski definition) is 5. The fourth-order valence-electron chi connectivity index (χ4n) is 2.87. The number of carbonyl (C=O) groups is 1. The molecule has 1 aliphatic rings. The topological polar surface area (TPSA) is 92.6 Å². The number of piperidine rings is 1. The molecule has 130 valence electrons. The zero-order chi connectivity index (χ0) is 17.5. The Balaban J connectivity index is 1.79. The summed E-state index contributed by atoms with van der Waals surface area (Å²) in [4.78, 5) is 17.2. The summed E-state index contributed by atoms with van der Waals surface area (Å²) in [5, 5.41) is 10.2. The van der Waals surface area contributed by atoms with Gasteiger partial charge in [-0.05, 0) is 37.6 Å². The Hall–Kier alpha value is -2.13. The minimum Gasteiger partial charge on any atom is -0.439 e. The van der Waals surface area contributed by atoms with Crippen LogP contribution in [0, 0.1) is 0 Å². The van der Waals surface area contributed by atoms with Crippen LogP contribution in [-0.4, -0.2) is 39.6 Å². The summed E-state index contributed by atoms with van der Waals surface area (Å²) in [7, 11) is 0. The number of likely N-dealkylation sites (tertiary alicyclic amines) is 1. The van der Waals surface area contributed by atoms with Gasteiger partial charge in [0.25, 0.3) is 5.91 Å². The molecule has 0 radical (unpaired) electrons. The Morgan fingerprint density at radius 1 is 1.46 bits per heavy atom. The zero-order valence-electron chi connectivity index (χ0n) is 12.6. The number of amides is 1. The molecule has 0 unspecified atom stereocenters. The van der Waals surface area contributed by atoms with Gasteiger partial charge in [-0.3, -0.25) is 9.69 Å². The van der Waals surface area contributed by atoms with E-state index in [1.807, 2.05) is 0 Å². The van der Waals surface area contributed by atoms with Gasteiger partial charge >= 0.3 is 6.18 Å². The van der Waals surface area contributed by atoms with Crippen LogP contribution < -0.4 is 5.73 Å². The highest BCUT2D eigenvalue weighted by molar-refractivity contribution is 5.83. The molecule has 1 fully saturated rings. The molecule has 2 aromatic rings. The highest BCUT2D eigenvalue weighted by Crippen LogP contribution is 2.31. The van der Waals surface area contributed by atoms with Crippen molar-refractivity contribution in [3.05, 3.63) is 29.7 Å². The van der Waals surface area contributed by atoms with E-state index in [0.29, 0.717) is 13.0 Å². The van der Waals surface area contributed by atoms with Crippen molar-refractivity contribution in [3.63, 3.8) is 0 Å². The first-order valence-electron chi connectivity index (χ1n) is 7.39. The average molecular weight is 343 g/mol. The molecule has 0 spiro atoms. The van der Waals surface area contributed by atoms with Crippen LogP contribution in [0.25, 0.3) is 11.1 Å². The maximum absolute atomic E-state index is 12.7. The second-order valence-electron chi connectivity index (χ2n) is 6.00. The van der Waals surface area contributed by atoms with Gasteiger partial charge < -0.3 is 15.3 Å². The fraction of sp³-hybridized carbons (Fsp3) is 0.467. The molecule has 6 nitrogen and oxygen atoms in total. The van der Waals surface area contributed by atoms with Gasteiger partial charge in [-0.25, -0.2) is 4.98 Å². The lowest BCUT2D eigenvalue weighted by Crippen LogP contribution is -2.55. The van der Waals surface area contributed by atoms with E-state index in [1.165, 1.54) is 6.07 Å². The van der Waals surface area contributed by atoms with Gasteiger partial charge in [0.15, 0.2) is 11.2 Å². The van der Waals surface area contributed by atoms with Crippen LogP contribution >= 0.6 is 0 Å². The number of β-amino-alcohol motifs (C(OH)–C–C–N with tert-alkyl or cyclic N) is 1. The number of carbonyl (C=O) groups excluding carboxylic acids is 1. The van der Waals surface area contributed by atoms with Gasteiger partial charge in [-0.15, -0.1) is 0 Å². The minimum atomic E-state index is -4.45. The van der Waals surface area contributed by atoms with Crippen molar-refractivity contribution >= 4 is 17.0 Å². The third kappa shape index (κ3) is 3.22. The highest BCUT2D eigenvalue weighted by Gasteiger charge is 2.39. The zero-order valence-corrected chi connectivity index (χ0v) is 12.6. The second-order valence-corrected chi connectivity index (χ2v) is 6.00. The minimum absolute atomic E-state index is 0.0366. The SMILES string of the molecule is NC(=O)[C@@]1(O)CCCN(Cc2nc3cc(C(F)(F)F)ccc3o2)C1. The summed E-state index contributed by atoms with van der Waals surface area (Å²) in [6, 6.07) is 3.09. The number of primary amides is 1. The number of nitrogens with two attached hydrogens (primary N) is 1. The molecule has 0 bridgehead atoms. The number of aromatic nitrogens is 1. The highest BCUT2D eigenvalue weighted by atomic mass is 19.4. The number of oxazole rings is 1. The molecule has 3 N–H and O–H groups in total. The van der Waals surface area contributed by atoms with Crippen molar-refractivity contribution < 1.29 is 27.5 Å². The largest absolute Gasteiger partial charge is 0.439 e. The number of alkyl halides is 3. The molecule has 1 aromatic carbocycles. The van der Waals surface area contributed by atoms with Crippen molar-refractivity contribution in [1.29, 1.82) is 0 Å². The third-order valence-corrected chi connectivity index (χ3v) is 4.13. The van der Waals surface area contributed by atoms with Crippen LogP contribution in [0.3, 0.4) is 0 Å². The van der Waals surface area contributed by atoms with Gasteiger partial charge in [0.05, 0.1) is 12.1 Å². The Morgan fingerprint density at radius 3 is 2.88 bits per heavy atom. The van der Waals surface area contributed by atoms with E-state index in [1.54, 1.807) is 4.90 Å². The molecule has 0 aliphatic carbocycles. The first-order valence-corrected chi connectivity index (χ1v) is 7.39. The average Bonchev–Trinajstić information content (AvgIpc) is 2.87. The van der Waals surface area contributed by atoms with E-state index in [2.05, 4.69) is 4.98 Å². The van der Waals surface area contributed by atoms with Crippen molar-refractivity contribution in [1.82, 2.24) is 9.88 Å². The van der Waals surface area contributed by atoms with Crippen LogP contribution in [-0.2, 0) is 17.5 Å². The van der Waals surface area contributed by atoms with Crippen LogP contribution in [0.5, 0.6) is 0 Å². The Morgan fingerprint density at radius 2 is 2.21 bits per heavy atom. The van der Waals surface area contributed by atoms with Gasteiger partial charge in [-0.2, -0.15) is 13.2 Å². The smallest absolute Gasteiger partial charge is 0.416 e. The van der Waals surface area contributed by atoms with Crippen molar-refractivity contribution in [2.75, 3.05) is 13.1 Å². The summed E-state index contributed by atoms with van der Waals surface area (Å²) < 4.78 is 43.6. The van der Waals surface area contributed by atoms with Crippen molar-refractivity contribution in [2.45, 2.75) is 31.2 Å². The molecule has 9 heteroatoms. The molecule has 1 aliphatic heterocycles. The summed E-state index contributed by atoms with van der Waals surface area (Å²) in [5.41, 5.74) is 3.18. The third-order valence-electron chi connectivity index (χ3n) is 4.13. The van der Waals surface area contributed by atoms with Crippen LogP contribution in [0.15, 0.2) is 22.6 Å². The van der Waals surface area contributed by atoms with Crippen LogP contribution in [0.4, 0.5) is 13.2 Å². The van der Waals surface area contributed by atoms with Crippen molar-refractivity contribution in [3.8, 4) is 0 Å². The molecule has 3 rings (SSSR count). The number of benzene rings is 1. The predicted molar refractivity (Wildman–Crippen MR) is 77.7 cm³/mol. The maximum Gasteiger partial charge on any atom is 0.416 e. The Bertz CT molecular complexity index is 774. The lowest BCUT2D eigenvalue weighted by molar-refractivity contribution is -0.142. The summed E-state index contributed by atoms with van der Waals surface area (Å²) in [5.74, 6) is -0.572. The molecule has 0 saturated carbocycles. The Labute approximate surface area is 135 Å². The van der Waals surface area contributed by atoms with Gasteiger partial charge in [0.1, 0.15) is 5.52 Å². The van der Waals surface area contributed by atoms with Gasteiger partial charge in [0.2, 0.25) is 5.89 Å². The van der Waals surface area contributed by atoms with E-state index in [4.69, 9.17) is 10.2 Å². The van der Waals surface area contributed by atoms with Crippen molar-refractivity contribution in [2.24, 2.45) is 5.73 Å². The standard InChI is InChI=1S/C15H16F3N3O3/c16-15(17,18)9-2-3-11-10(6-9)20-12(24-11)7-21-5-1-4-14(23,8-21)13(19)22/h2-3,6,23H,1,4-5,7-8H2,(H2,19,22)/t14-/m1/s1. The maximum atomic E-state index is 12.7. The number of fused-ring (bicyclic) bond motifs is 1. The fourth-order valence-corrected chi connectivity index (χ4v) is 2.87. The van der Waals surface area contributed by atoms with E-state index >= 15 is 0 Å². The van der Waals surface area contributed by atoms with Gasteiger partial charge in [-0.1, -0.05) is 0 Å². The number of rotatable bonds is 3. The normalized spacial score (nSPS) is 22.8. The molecular formula is C15H16F3N3O3. The molecule has 1 amide bonds. The molecular weight excluding hydrogens is 327 g/mol. The monoisotopic (exact) mass is 343 g/mol. The van der Waals surface area contributed by atoms with Crippen LogP contribution in [0.1, 0.15) is 24.3 Å². The summed E-state index contributed by atoms with van der Waals surface area (Å²) in [6.45, 7) is 0.808. The van der Waals surface area contributed by atoms with E-state index in [0.717, 1.165) is 12.1 Å². The van der Waals surface area contributed by atoms with E-state index in [9.17, 15) is 23.1 Å². The van der Waals surface area contributed by atoms with Crippen LogP contribution in [0.2, 0.25) is 0 Å². The molecule has 24 heavy (non-hydrogen) atoms. The molecule has 1 saturated heterocycles. The lowest BCUT2D eigenvalue weighted by Gasteiger charge is -2.36. The lowest BCUT2D eigenvalue weighted by atomic mass is 9.92. The first kappa shape index (κ1) is 16.7. The van der Waals surface area contributed by atoms with E-state index < -0.39 is 23.2 Å². The van der Waals surface area contributed by atoms with Gasteiger partial charge in [0, 0.05) is 6.54 Å². The quantitative estimate of drug-likeness (QED) is 0.884. The summed E-state index contributed by atoms with van der Waals surface area (Å²) >= 11 is 0. The Kier molecular flexibility index (Phi) is 4.00. The second kappa shape index (κ2) is 5.75. The summed E-state index contributed by atoms with van der Waals surface area (Å²) in [6.07, 6.45) is -3.60. The first-order chi connectivity index (χ1) is 11.2. The number of aliphatic hydroxyl groups is 1. The molecule has 1 aromatic heterocycles. The number of halogens is 3. The molecule has 2 heterocycles. The molecule has 1 atom stereocenters. The predicted octanol–water partition coefficient (Wildman–Crippen LogP) is 1.66. The number of nitrogens with zero attached hydrogens (tertiary/aromatic N) is 2.